The lowest BCUT2D eigenvalue weighted by Gasteiger charge is -2.10. The molecule has 3 heterocycles. The van der Waals surface area contributed by atoms with Crippen LogP contribution < -0.4 is 5.32 Å². The summed E-state index contributed by atoms with van der Waals surface area (Å²) in [6.07, 6.45) is 4.41. The Balaban J connectivity index is 1.88. The molecule has 6 heteroatoms. The van der Waals surface area contributed by atoms with Crippen molar-refractivity contribution in [3.8, 4) is 0 Å². The summed E-state index contributed by atoms with van der Waals surface area (Å²) in [6, 6.07) is 0. The van der Waals surface area contributed by atoms with E-state index in [0.717, 1.165) is 37.4 Å². The molecule has 2 aliphatic rings. The van der Waals surface area contributed by atoms with Gasteiger partial charge in [0.2, 0.25) is 0 Å². The lowest BCUT2D eigenvalue weighted by Crippen LogP contribution is -2.16. The van der Waals surface area contributed by atoms with Crippen LogP contribution in [-0.4, -0.2) is 43.0 Å². The largest absolute Gasteiger partial charge is 0.316 e. The molecule has 1 aromatic rings. The van der Waals surface area contributed by atoms with Crippen molar-refractivity contribution >= 4 is 9.84 Å². The van der Waals surface area contributed by atoms with Crippen molar-refractivity contribution in [3.63, 3.8) is 0 Å². The molecule has 18 heavy (non-hydrogen) atoms. The average molecular weight is 267 g/mol. The standard InChI is InChI=1S/C12H17N3O2S/c16-18(17)6-3-10(8-18)12-14-7-9-1-4-13-5-2-11(9)15-12/h7,10,13H,1-6,8H2. The summed E-state index contributed by atoms with van der Waals surface area (Å²) in [6.45, 7) is 1.90. The highest BCUT2D eigenvalue weighted by molar-refractivity contribution is 7.91. The Kier molecular flexibility index (Phi) is 3.07. The van der Waals surface area contributed by atoms with Gasteiger partial charge in [-0.2, -0.15) is 0 Å². The van der Waals surface area contributed by atoms with Crippen molar-refractivity contribution in [2.45, 2.75) is 25.2 Å². The minimum atomic E-state index is -2.86. The number of sulfone groups is 1. The maximum atomic E-state index is 11.5. The van der Waals surface area contributed by atoms with Crippen molar-refractivity contribution in [2.75, 3.05) is 24.6 Å². The molecule has 2 aliphatic heterocycles. The monoisotopic (exact) mass is 267 g/mol. The summed E-state index contributed by atoms with van der Waals surface area (Å²) >= 11 is 0. The van der Waals surface area contributed by atoms with E-state index in [0.29, 0.717) is 6.42 Å². The van der Waals surface area contributed by atoms with Crippen molar-refractivity contribution in [1.82, 2.24) is 15.3 Å². The smallest absolute Gasteiger partial charge is 0.151 e. The minimum absolute atomic E-state index is 0.00323. The highest BCUT2D eigenvalue weighted by Crippen LogP contribution is 2.27. The number of fused-ring (bicyclic) bond motifs is 1. The van der Waals surface area contributed by atoms with Gasteiger partial charge in [-0.25, -0.2) is 18.4 Å². The van der Waals surface area contributed by atoms with Gasteiger partial charge >= 0.3 is 0 Å². The van der Waals surface area contributed by atoms with E-state index in [1.807, 2.05) is 6.20 Å². The molecule has 0 aliphatic carbocycles. The topological polar surface area (TPSA) is 72.0 Å². The summed E-state index contributed by atoms with van der Waals surface area (Å²) in [5, 5.41) is 3.33. The average Bonchev–Trinajstić information content (AvgIpc) is 2.59. The van der Waals surface area contributed by atoms with Crippen LogP contribution in [0.25, 0.3) is 0 Å². The molecule has 0 amide bonds. The van der Waals surface area contributed by atoms with E-state index < -0.39 is 9.84 Å². The summed E-state index contributed by atoms with van der Waals surface area (Å²) in [4.78, 5) is 8.98. The normalized spacial score (nSPS) is 26.6. The second-order valence-electron chi connectivity index (χ2n) is 5.05. The Bertz CT molecular complexity index is 556. The third-order valence-electron chi connectivity index (χ3n) is 3.68. The van der Waals surface area contributed by atoms with Gasteiger partial charge in [0.15, 0.2) is 9.84 Å². The second kappa shape index (κ2) is 4.59. The molecule has 1 aromatic heterocycles. The van der Waals surface area contributed by atoms with Crippen LogP contribution in [0.2, 0.25) is 0 Å². The van der Waals surface area contributed by atoms with Gasteiger partial charge in [-0.05, 0) is 24.9 Å². The van der Waals surface area contributed by atoms with Gasteiger partial charge in [-0.15, -0.1) is 0 Å². The molecule has 98 valence electrons. The summed E-state index contributed by atoms with van der Waals surface area (Å²) in [7, 11) is -2.86. The van der Waals surface area contributed by atoms with Crippen LogP contribution in [0.5, 0.6) is 0 Å². The molecular formula is C12H17N3O2S. The lowest BCUT2D eigenvalue weighted by atomic mass is 10.1. The van der Waals surface area contributed by atoms with Gasteiger partial charge < -0.3 is 5.32 Å². The molecule has 0 bridgehead atoms. The van der Waals surface area contributed by atoms with E-state index in [2.05, 4.69) is 15.3 Å². The molecule has 1 atom stereocenters. The van der Waals surface area contributed by atoms with Crippen molar-refractivity contribution in [1.29, 1.82) is 0 Å². The zero-order valence-corrected chi connectivity index (χ0v) is 11.0. The van der Waals surface area contributed by atoms with Crippen LogP contribution in [0.4, 0.5) is 0 Å². The molecule has 1 fully saturated rings. The zero-order chi connectivity index (χ0) is 12.6. The van der Waals surface area contributed by atoms with Gasteiger partial charge in [0.05, 0.1) is 11.5 Å². The summed E-state index contributed by atoms with van der Waals surface area (Å²) in [5.41, 5.74) is 2.29. The minimum Gasteiger partial charge on any atom is -0.316 e. The van der Waals surface area contributed by atoms with Gasteiger partial charge in [0.25, 0.3) is 0 Å². The summed E-state index contributed by atoms with van der Waals surface area (Å²) < 4.78 is 23.0. The second-order valence-corrected chi connectivity index (χ2v) is 7.28. The van der Waals surface area contributed by atoms with Gasteiger partial charge in [0.1, 0.15) is 5.82 Å². The molecule has 0 radical (unpaired) electrons. The molecule has 0 aromatic carbocycles. The maximum Gasteiger partial charge on any atom is 0.151 e. The highest BCUT2D eigenvalue weighted by atomic mass is 32.2. The molecule has 5 nitrogen and oxygen atoms in total. The Morgan fingerprint density at radius 2 is 2.11 bits per heavy atom. The van der Waals surface area contributed by atoms with E-state index in [9.17, 15) is 8.42 Å². The number of nitrogens with zero attached hydrogens (tertiary/aromatic N) is 2. The third kappa shape index (κ3) is 2.40. The van der Waals surface area contributed by atoms with Crippen LogP contribution in [0.3, 0.4) is 0 Å². The van der Waals surface area contributed by atoms with Crippen LogP contribution in [0, 0.1) is 0 Å². The first-order valence-corrected chi connectivity index (χ1v) is 8.22. The maximum absolute atomic E-state index is 11.5. The molecule has 3 rings (SSSR count). The number of nitrogens with one attached hydrogen (secondary N) is 1. The number of rotatable bonds is 1. The van der Waals surface area contributed by atoms with E-state index in [1.54, 1.807) is 0 Å². The number of aromatic nitrogens is 2. The fourth-order valence-electron chi connectivity index (χ4n) is 2.63. The van der Waals surface area contributed by atoms with Crippen molar-refractivity contribution in [3.05, 3.63) is 23.3 Å². The fraction of sp³-hybridized carbons (Fsp3) is 0.667. The highest BCUT2D eigenvalue weighted by Gasteiger charge is 2.31. The number of hydrogen-bond acceptors (Lipinski definition) is 5. The third-order valence-corrected chi connectivity index (χ3v) is 5.45. The Morgan fingerprint density at radius 1 is 1.28 bits per heavy atom. The zero-order valence-electron chi connectivity index (χ0n) is 10.2. The van der Waals surface area contributed by atoms with Gasteiger partial charge in [0, 0.05) is 30.8 Å². The van der Waals surface area contributed by atoms with Crippen molar-refractivity contribution < 1.29 is 8.42 Å². The fourth-order valence-corrected chi connectivity index (χ4v) is 4.37. The first-order valence-electron chi connectivity index (χ1n) is 6.40. The molecule has 1 N–H and O–H groups in total. The quantitative estimate of drug-likeness (QED) is 0.779. The van der Waals surface area contributed by atoms with E-state index in [-0.39, 0.29) is 17.4 Å². The SMILES string of the molecule is O=S1(=O)CCC(c2ncc3c(n2)CCNCC3)C1. The van der Waals surface area contributed by atoms with E-state index in [4.69, 9.17) is 0 Å². The molecule has 0 spiro atoms. The van der Waals surface area contributed by atoms with Gasteiger partial charge in [-0.3, -0.25) is 0 Å². The Morgan fingerprint density at radius 3 is 2.89 bits per heavy atom. The predicted molar refractivity (Wildman–Crippen MR) is 68.3 cm³/mol. The summed E-state index contributed by atoms with van der Waals surface area (Å²) in [5.74, 6) is 1.21. The van der Waals surface area contributed by atoms with E-state index >= 15 is 0 Å². The molecular weight excluding hydrogens is 250 g/mol. The van der Waals surface area contributed by atoms with E-state index in [1.165, 1.54) is 5.56 Å². The molecule has 1 saturated heterocycles. The van der Waals surface area contributed by atoms with Crippen LogP contribution in [-0.2, 0) is 22.7 Å². The molecule has 1 unspecified atom stereocenters. The first kappa shape index (κ1) is 12.0. The van der Waals surface area contributed by atoms with Crippen LogP contribution in [0.15, 0.2) is 6.20 Å². The first-order chi connectivity index (χ1) is 8.64. The Hall–Kier alpha value is -1.01. The number of hydrogen-bond donors (Lipinski definition) is 1. The van der Waals surface area contributed by atoms with Gasteiger partial charge in [-0.1, -0.05) is 0 Å². The van der Waals surface area contributed by atoms with Crippen LogP contribution in [0.1, 0.15) is 29.4 Å². The predicted octanol–water partition coefficient (Wildman–Crippen LogP) is 0.0669. The van der Waals surface area contributed by atoms with Crippen LogP contribution >= 0.6 is 0 Å². The Labute approximate surface area is 107 Å². The lowest BCUT2D eigenvalue weighted by molar-refractivity contribution is 0.601. The van der Waals surface area contributed by atoms with Crippen molar-refractivity contribution in [2.24, 2.45) is 0 Å². The molecule has 0 saturated carbocycles.